The van der Waals surface area contributed by atoms with Crippen LogP contribution in [0.15, 0.2) is 18.2 Å². The summed E-state index contributed by atoms with van der Waals surface area (Å²) >= 11 is 0. The lowest BCUT2D eigenvalue weighted by Gasteiger charge is -2.19. The van der Waals surface area contributed by atoms with Crippen LogP contribution >= 0.6 is 0 Å². The highest BCUT2D eigenvalue weighted by Gasteiger charge is 2.40. The van der Waals surface area contributed by atoms with Gasteiger partial charge in [0.15, 0.2) is 0 Å². The fraction of sp³-hybridized carbons (Fsp3) is 0.538. The van der Waals surface area contributed by atoms with Crippen LogP contribution in [0.25, 0.3) is 0 Å². The van der Waals surface area contributed by atoms with Gasteiger partial charge in [-0.15, -0.1) is 0 Å². The first-order valence-electron chi connectivity index (χ1n) is 5.49. The van der Waals surface area contributed by atoms with Gasteiger partial charge < -0.3 is 10.0 Å². The maximum atomic E-state index is 9.96. The summed E-state index contributed by atoms with van der Waals surface area (Å²) in [5.74, 6) is 0. The molecule has 0 saturated heterocycles. The fourth-order valence-electron chi connectivity index (χ4n) is 1.97. The van der Waals surface area contributed by atoms with Gasteiger partial charge in [0.25, 0.3) is 0 Å². The van der Waals surface area contributed by atoms with E-state index in [2.05, 4.69) is 30.0 Å². The van der Waals surface area contributed by atoms with Crippen LogP contribution in [0.4, 0.5) is 5.69 Å². The molecule has 2 heteroatoms. The van der Waals surface area contributed by atoms with E-state index in [9.17, 15) is 5.11 Å². The quantitative estimate of drug-likeness (QED) is 0.817. The van der Waals surface area contributed by atoms with Crippen molar-refractivity contribution in [3.8, 4) is 0 Å². The first kappa shape index (κ1) is 10.5. The molecule has 0 unspecified atom stereocenters. The smallest absolute Gasteiger partial charge is 0.0690 e. The second-order valence-electron chi connectivity index (χ2n) is 4.93. The molecule has 0 radical (unpaired) electrons. The molecule has 1 aliphatic carbocycles. The van der Waals surface area contributed by atoms with Crippen LogP contribution in [-0.4, -0.2) is 24.8 Å². The number of benzene rings is 1. The van der Waals surface area contributed by atoms with Crippen LogP contribution in [-0.2, 0) is 6.42 Å². The van der Waals surface area contributed by atoms with E-state index >= 15 is 0 Å². The molecule has 0 atom stereocenters. The van der Waals surface area contributed by atoms with Crippen LogP contribution in [0.3, 0.4) is 0 Å². The van der Waals surface area contributed by atoms with Crippen LogP contribution in [0.1, 0.15) is 24.0 Å². The lowest BCUT2D eigenvalue weighted by atomic mass is 10.0. The van der Waals surface area contributed by atoms with E-state index in [0.29, 0.717) is 0 Å². The molecular weight excluding hydrogens is 186 g/mol. The third-order valence-electron chi connectivity index (χ3n) is 3.06. The van der Waals surface area contributed by atoms with Crippen molar-refractivity contribution in [2.45, 2.75) is 31.8 Å². The fourth-order valence-corrected chi connectivity index (χ4v) is 1.97. The average Bonchev–Trinajstić information content (AvgIpc) is 2.82. The zero-order chi connectivity index (χ0) is 11.1. The Morgan fingerprint density at radius 2 is 2.00 bits per heavy atom. The predicted octanol–water partition coefficient (Wildman–Crippen LogP) is 2.13. The van der Waals surface area contributed by atoms with Crippen LogP contribution in [0.5, 0.6) is 0 Å². The van der Waals surface area contributed by atoms with Crippen molar-refractivity contribution < 1.29 is 5.11 Å². The minimum absolute atomic E-state index is 0.404. The first-order valence-corrected chi connectivity index (χ1v) is 5.49. The number of hydrogen-bond acceptors (Lipinski definition) is 2. The zero-order valence-corrected chi connectivity index (χ0v) is 9.75. The molecule has 2 rings (SSSR count). The zero-order valence-electron chi connectivity index (χ0n) is 9.75. The molecule has 0 bridgehead atoms. The van der Waals surface area contributed by atoms with Crippen molar-refractivity contribution in [1.29, 1.82) is 0 Å². The standard InChI is InChI=1S/C13H19NO/c1-10-4-5-12(14(2)3)11(8-10)9-13(15)6-7-13/h4-5,8,15H,6-7,9H2,1-3H3. The molecule has 1 aromatic carbocycles. The summed E-state index contributed by atoms with van der Waals surface area (Å²) in [5, 5.41) is 9.96. The van der Waals surface area contributed by atoms with Crippen molar-refractivity contribution in [3.63, 3.8) is 0 Å². The minimum Gasteiger partial charge on any atom is -0.390 e. The van der Waals surface area contributed by atoms with Gasteiger partial charge in [-0.05, 0) is 31.4 Å². The third-order valence-corrected chi connectivity index (χ3v) is 3.06. The Balaban J connectivity index is 2.29. The molecule has 1 saturated carbocycles. The summed E-state index contributed by atoms with van der Waals surface area (Å²) in [6, 6.07) is 6.44. The lowest BCUT2D eigenvalue weighted by molar-refractivity contribution is 0.151. The molecule has 1 N–H and O–H groups in total. The van der Waals surface area contributed by atoms with Gasteiger partial charge in [-0.3, -0.25) is 0 Å². The number of rotatable bonds is 3. The average molecular weight is 205 g/mol. The van der Waals surface area contributed by atoms with Crippen molar-refractivity contribution >= 4 is 5.69 Å². The second-order valence-corrected chi connectivity index (χ2v) is 4.93. The number of aryl methyl sites for hydroxylation is 1. The molecule has 0 aromatic heterocycles. The number of aliphatic hydroxyl groups is 1. The van der Waals surface area contributed by atoms with Crippen LogP contribution < -0.4 is 4.90 Å². The summed E-state index contributed by atoms with van der Waals surface area (Å²) in [7, 11) is 4.09. The molecule has 2 nitrogen and oxygen atoms in total. The van der Waals surface area contributed by atoms with E-state index in [1.165, 1.54) is 16.8 Å². The van der Waals surface area contributed by atoms with E-state index < -0.39 is 5.60 Å². The first-order chi connectivity index (χ1) is 7.00. The third kappa shape index (κ3) is 2.32. The summed E-state index contributed by atoms with van der Waals surface area (Å²) in [4.78, 5) is 2.11. The Hall–Kier alpha value is -1.02. The number of anilines is 1. The van der Waals surface area contributed by atoms with Gasteiger partial charge in [0.05, 0.1) is 5.60 Å². The topological polar surface area (TPSA) is 23.5 Å². The van der Waals surface area contributed by atoms with Crippen molar-refractivity contribution in [3.05, 3.63) is 29.3 Å². The Bertz CT molecular complexity index is 367. The van der Waals surface area contributed by atoms with E-state index in [1.54, 1.807) is 0 Å². The van der Waals surface area contributed by atoms with E-state index in [0.717, 1.165) is 19.3 Å². The summed E-state index contributed by atoms with van der Waals surface area (Å²) < 4.78 is 0. The van der Waals surface area contributed by atoms with Crippen LogP contribution in [0, 0.1) is 6.92 Å². The largest absolute Gasteiger partial charge is 0.390 e. The van der Waals surface area contributed by atoms with E-state index in [4.69, 9.17) is 0 Å². The van der Waals surface area contributed by atoms with E-state index in [1.807, 2.05) is 14.1 Å². The van der Waals surface area contributed by atoms with Gasteiger partial charge in [0.1, 0.15) is 0 Å². The maximum absolute atomic E-state index is 9.96. The number of hydrogen-bond donors (Lipinski definition) is 1. The molecule has 0 heterocycles. The molecule has 1 aliphatic rings. The Kier molecular flexibility index (Phi) is 2.47. The summed E-state index contributed by atoms with van der Waals surface area (Å²) in [6.07, 6.45) is 2.70. The highest BCUT2D eigenvalue weighted by molar-refractivity contribution is 5.54. The molecule has 1 fully saturated rings. The second kappa shape index (κ2) is 3.53. The highest BCUT2D eigenvalue weighted by atomic mass is 16.3. The Morgan fingerprint density at radius 1 is 1.33 bits per heavy atom. The summed E-state index contributed by atoms with van der Waals surface area (Å²) in [6.45, 7) is 2.10. The lowest BCUT2D eigenvalue weighted by Crippen LogP contribution is -2.16. The Labute approximate surface area is 91.5 Å². The molecule has 82 valence electrons. The van der Waals surface area contributed by atoms with Gasteiger partial charge in [-0.25, -0.2) is 0 Å². The normalized spacial score (nSPS) is 17.6. The monoisotopic (exact) mass is 205 g/mol. The molecule has 0 amide bonds. The van der Waals surface area contributed by atoms with Crippen LogP contribution in [0.2, 0.25) is 0 Å². The van der Waals surface area contributed by atoms with Gasteiger partial charge in [-0.2, -0.15) is 0 Å². The maximum Gasteiger partial charge on any atom is 0.0690 e. The predicted molar refractivity (Wildman–Crippen MR) is 63.4 cm³/mol. The SMILES string of the molecule is Cc1ccc(N(C)C)c(CC2(O)CC2)c1. The van der Waals surface area contributed by atoms with Gasteiger partial charge >= 0.3 is 0 Å². The summed E-state index contributed by atoms with van der Waals surface area (Å²) in [5.41, 5.74) is 3.35. The molecular formula is C13H19NO. The molecule has 0 aliphatic heterocycles. The number of nitrogens with zero attached hydrogens (tertiary/aromatic N) is 1. The van der Waals surface area contributed by atoms with Gasteiger partial charge in [-0.1, -0.05) is 17.7 Å². The Morgan fingerprint density at radius 3 is 2.53 bits per heavy atom. The van der Waals surface area contributed by atoms with Crippen molar-refractivity contribution in [2.24, 2.45) is 0 Å². The highest BCUT2D eigenvalue weighted by Crippen LogP contribution is 2.40. The van der Waals surface area contributed by atoms with Crippen molar-refractivity contribution in [2.75, 3.05) is 19.0 Å². The molecule has 0 spiro atoms. The van der Waals surface area contributed by atoms with Gasteiger partial charge in [0, 0.05) is 26.2 Å². The van der Waals surface area contributed by atoms with E-state index in [-0.39, 0.29) is 0 Å². The van der Waals surface area contributed by atoms with Crippen molar-refractivity contribution in [1.82, 2.24) is 0 Å². The minimum atomic E-state index is -0.404. The molecule has 15 heavy (non-hydrogen) atoms. The molecule has 1 aromatic rings. The van der Waals surface area contributed by atoms with Gasteiger partial charge in [0.2, 0.25) is 0 Å².